The van der Waals surface area contributed by atoms with Crippen LogP contribution in [0.1, 0.15) is 26.3 Å². The Hall–Kier alpha value is -2.53. The van der Waals surface area contributed by atoms with Crippen molar-refractivity contribution < 1.29 is 24.2 Å². The Bertz CT molecular complexity index is 812. The van der Waals surface area contributed by atoms with Crippen LogP contribution in [0.4, 0.5) is 0 Å². The molecule has 1 heterocycles. The van der Waals surface area contributed by atoms with Crippen molar-refractivity contribution in [3.63, 3.8) is 0 Å². The van der Waals surface area contributed by atoms with E-state index in [0.717, 1.165) is 12.5 Å². The fourth-order valence-electron chi connectivity index (χ4n) is 3.03. The number of carbonyl (C=O) groups is 3. The van der Waals surface area contributed by atoms with Gasteiger partial charge < -0.3 is 9.84 Å². The predicted octanol–water partition coefficient (Wildman–Crippen LogP) is 1.84. The van der Waals surface area contributed by atoms with Crippen LogP contribution in [0.2, 0.25) is 0 Å². The van der Waals surface area contributed by atoms with Gasteiger partial charge in [0.1, 0.15) is 17.1 Å². The summed E-state index contributed by atoms with van der Waals surface area (Å²) in [5.74, 6) is -1.69. The third-order valence-corrected chi connectivity index (χ3v) is 4.56. The molecule has 1 aromatic carbocycles. The lowest BCUT2D eigenvalue weighted by molar-refractivity contribution is -0.158. The van der Waals surface area contributed by atoms with E-state index in [-0.39, 0.29) is 11.3 Å². The molecule has 0 saturated heterocycles. The van der Waals surface area contributed by atoms with Gasteiger partial charge in [0.2, 0.25) is 5.78 Å². The van der Waals surface area contributed by atoms with E-state index in [4.69, 9.17) is 4.74 Å². The summed E-state index contributed by atoms with van der Waals surface area (Å²) < 4.78 is 5.65. The Labute approximate surface area is 133 Å². The number of hydrogen-bond donors (Lipinski definition) is 1. The number of rotatable bonds is 1. The molecule has 0 radical (unpaired) electrons. The monoisotopic (exact) mass is 312 g/mol. The van der Waals surface area contributed by atoms with Crippen LogP contribution in [0.5, 0.6) is 5.75 Å². The van der Waals surface area contributed by atoms with Crippen molar-refractivity contribution in [2.24, 2.45) is 5.41 Å². The number of benzene rings is 1. The second kappa shape index (κ2) is 4.73. The van der Waals surface area contributed by atoms with Crippen LogP contribution in [0.3, 0.4) is 0 Å². The van der Waals surface area contributed by atoms with E-state index in [0.29, 0.717) is 5.75 Å². The average Bonchev–Trinajstić information content (AvgIpc) is 2.66. The van der Waals surface area contributed by atoms with Gasteiger partial charge in [0.15, 0.2) is 17.2 Å². The van der Waals surface area contributed by atoms with Crippen molar-refractivity contribution in [3.8, 4) is 5.75 Å². The van der Waals surface area contributed by atoms with Crippen molar-refractivity contribution >= 4 is 23.4 Å². The summed E-state index contributed by atoms with van der Waals surface area (Å²) in [7, 11) is 0. The lowest BCUT2D eigenvalue weighted by Gasteiger charge is -2.30. The normalized spacial score (nSPS) is 28.5. The number of allylic oxidation sites excluding steroid dienone is 1. The van der Waals surface area contributed by atoms with Crippen LogP contribution >= 0.6 is 0 Å². The maximum absolute atomic E-state index is 12.7. The van der Waals surface area contributed by atoms with Crippen LogP contribution in [0.15, 0.2) is 41.7 Å². The van der Waals surface area contributed by atoms with Crippen molar-refractivity contribution in [3.05, 3.63) is 47.2 Å². The Kier molecular flexibility index (Phi) is 3.16. The van der Waals surface area contributed by atoms with E-state index in [1.807, 2.05) is 12.1 Å². The van der Waals surface area contributed by atoms with Gasteiger partial charge in [-0.3, -0.25) is 14.4 Å². The first-order valence-corrected chi connectivity index (χ1v) is 7.23. The Morgan fingerprint density at radius 2 is 1.74 bits per heavy atom. The quantitative estimate of drug-likeness (QED) is 0.486. The largest absolute Gasteiger partial charge is 0.456 e. The second-order valence-electron chi connectivity index (χ2n) is 6.26. The summed E-state index contributed by atoms with van der Waals surface area (Å²) in [4.78, 5) is 37.2. The Morgan fingerprint density at radius 3 is 2.35 bits per heavy atom. The molecule has 1 fully saturated rings. The highest BCUT2D eigenvalue weighted by Crippen LogP contribution is 2.46. The smallest absolute Gasteiger partial charge is 0.210 e. The third-order valence-electron chi connectivity index (χ3n) is 4.56. The van der Waals surface area contributed by atoms with E-state index in [2.05, 4.69) is 0 Å². The molecule has 2 aliphatic rings. The van der Waals surface area contributed by atoms with Crippen molar-refractivity contribution in [1.82, 2.24) is 0 Å². The molecule has 3 rings (SSSR count). The van der Waals surface area contributed by atoms with Gasteiger partial charge in [0.25, 0.3) is 0 Å². The Morgan fingerprint density at radius 1 is 1.09 bits per heavy atom. The van der Waals surface area contributed by atoms with Crippen LogP contribution in [-0.2, 0) is 14.4 Å². The molecule has 5 heteroatoms. The molecule has 1 saturated carbocycles. The van der Waals surface area contributed by atoms with Gasteiger partial charge in [-0.2, -0.15) is 0 Å². The van der Waals surface area contributed by atoms with Gasteiger partial charge in [-0.05, 0) is 39.0 Å². The number of fused-ring (bicyclic) bond motifs is 1. The summed E-state index contributed by atoms with van der Waals surface area (Å²) in [5, 5.41) is 10.6. The van der Waals surface area contributed by atoms with Gasteiger partial charge in [-0.1, -0.05) is 18.2 Å². The molecular weight excluding hydrogens is 296 g/mol. The SMILES string of the molecule is CC(=O)C1(O)C(=O)/C(=C2/C=Cc3ccccc3O2)C(=O)C1(C)C. The zero-order chi connectivity index (χ0) is 17.0. The molecule has 1 unspecified atom stereocenters. The third kappa shape index (κ3) is 1.86. The first kappa shape index (κ1) is 15.4. The fraction of sp³-hybridized carbons (Fsp3) is 0.278. The lowest BCUT2D eigenvalue weighted by atomic mass is 9.74. The van der Waals surface area contributed by atoms with Crippen molar-refractivity contribution in [2.75, 3.05) is 0 Å². The van der Waals surface area contributed by atoms with Gasteiger partial charge in [-0.25, -0.2) is 0 Å². The number of ether oxygens (including phenoxy) is 1. The first-order valence-electron chi connectivity index (χ1n) is 7.23. The molecule has 118 valence electrons. The van der Waals surface area contributed by atoms with E-state index < -0.39 is 28.4 Å². The summed E-state index contributed by atoms with van der Waals surface area (Å²) in [6.45, 7) is 3.89. The number of hydrogen-bond acceptors (Lipinski definition) is 5. The van der Waals surface area contributed by atoms with Gasteiger partial charge in [0, 0.05) is 5.56 Å². The molecule has 5 nitrogen and oxygen atoms in total. The zero-order valence-electron chi connectivity index (χ0n) is 13.0. The van der Waals surface area contributed by atoms with E-state index >= 15 is 0 Å². The lowest BCUT2D eigenvalue weighted by Crippen LogP contribution is -2.53. The van der Waals surface area contributed by atoms with Crippen LogP contribution in [0, 0.1) is 5.41 Å². The molecule has 23 heavy (non-hydrogen) atoms. The molecule has 1 aromatic rings. The Balaban J connectivity index is 2.17. The van der Waals surface area contributed by atoms with Gasteiger partial charge in [-0.15, -0.1) is 0 Å². The predicted molar refractivity (Wildman–Crippen MR) is 82.6 cm³/mol. The summed E-state index contributed by atoms with van der Waals surface area (Å²) in [6, 6.07) is 7.16. The highest BCUT2D eigenvalue weighted by Gasteiger charge is 2.66. The van der Waals surface area contributed by atoms with E-state index in [1.54, 1.807) is 18.2 Å². The van der Waals surface area contributed by atoms with Crippen LogP contribution < -0.4 is 4.74 Å². The minimum atomic E-state index is -2.36. The van der Waals surface area contributed by atoms with E-state index in [9.17, 15) is 19.5 Å². The molecule has 0 bridgehead atoms. The molecule has 0 aromatic heterocycles. The highest BCUT2D eigenvalue weighted by molar-refractivity contribution is 6.38. The maximum Gasteiger partial charge on any atom is 0.210 e. The number of aliphatic hydroxyl groups is 1. The van der Waals surface area contributed by atoms with Crippen LogP contribution in [-0.4, -0.2) is 28.1 Å². The number of para-hydroxylation sites is 1. The molecule has 1 aliphatic carbocycles. The molecule has 1 N–H and O–H groups in total. The molecule has 0 spiro atoms. The zero-order valence-corrected chi connectivity index (χ0v) is 13.0. The molecule has 1 aliphatic heterocycles. The second-order valence-corrected chi connectivity index (χ2v) is 6.26. The van der Waals surface area contributed by atoms with Gasteiger partial charge >= 0.3 is 0 Å². The van der Waals surface area contributed by atoms with Crippen LogP contribution in [0.25, 0.3) is 6.08 Å². The summed E-state index contributed by atoms with van der Waals surface area (Å²) >= 11 is 0. The van der Waals surface area contributed by atoms with Gasteiger partial charge in [0.05, 0.1) is 5.41 Å². The molecule has 1 atom stereocenters. The number of ketones is 3. The number of Topliss-reactive ketones (excluding diaryl/α,β-unsaturated/α-hetero) is 3. The standard InChI is InChI=1S/C18H16O5/c1-10(19)18(22)16(21)14(15(20)17(18,2)3)13-9-8-11-6-4-5-7-12(11)23-13/h4-9,22H,1-3H3/b14-13-. The summed E-state index contributed by atoms with van der Waals surface area (Å²) in [5.41, 5.74) is -3.35. The highest BCUT2D eigenvalue weighted by atomic mass is 16.5. The van der Waals surface area contributed by atoms with E-state index in [1.165, 1.54) is 19.9 Å². The summed E-state index contributed by atoms with van der Waals surface area (Å²) in [6.07, 6.45) is 3.23. The minimum absolute atomic E-state index is 0.0592. The van der Waals surface area contributed by atoms with Crippen molar-refractivity contribution in [1.29, 1.82) is 0 Å². The molecule has 0 amide bonds. The average molecular weight is 312 g/mol. The minimum Gasteiger partial charge on any atom is -0.456 e. The topological polar surface area (TPSA) is 80.7 Å². The molecular formula is C18H16O5. The first-order chi connectivity index (χ1) is 10.7. The fourth-order valence-corrected chi connectivity index (χ4v) is 3.03. The maximum atomic E-state index is 12.7. The number of carbonyl (C=O) groups excluding carboxylic acids is 3. The van der Waals surface area contributed by atoms with Crippen molar-refractivity contribution in [2.45, 2.75) is 26.4 Å².